The van der Waals surface area contributed by atoms with E-state index in [4.69, 9.17) is 23.8 Å². The summed E-state index contributed by atoms with van der Waals surface area (Å²) in [7, 11) is 0. The summed E-state index contributed by atoms with van der Waals surface area (Å²) in [6.45, 7) is 4.97. The van der Waals surface area contributed by atoms with Gasteiger partial charge < -0.3 is 9.88 Å². The second-order valence-corrected chi connectivity index (χ2v) is 5.46. The number of rotatable bonds is 5. The van der Waals surface area contributed by atoms with Crippen LogP contribution < -0.4 is 5.32 Å². The molecular formula is C14H17ClN4OS. The second kappa shape index (κ2) is 6.87. The zero-order valence-corrected chi connectivity index (χ0v) is 13.5. The number of benzene rings is 1. The van der Waals surface area contributed by atoms with Crippen molar-refractivity contribution in [3.8, 4) is 0 Å². The fourth-order valence-electron chi connectivity index (χ4n) is 1.97. The molecule has 0 radical (unpaired) electrons. The maximum Gasteiger partial charge on any atom is 0.251 e. The van der Waals surface area contributed by atoms with Gasteiger partial charge in [0.25, 0.3) is 5.91 Å². The lowest BCUT2D eigenvalue weighted by Crippen LogP contribution is -2.27. The predicted molar refractivity (Wildman–Crippen MR) is 85.3 cm³/mol. The molecule has 0 fully saturated rings. The minimum Gasteiger partial charge on any atom is -0.350 e. The van der Waals surface area contributed by atoms with Gasteiger partial charge in [0.1, 0.15) is 5.82 Å². The molecule has 7 heteroatoms. The molecule has 0 aliphatic heterocycles. The van der Waals surface area contributed by atoms with Gasteiger partial charge in [0.05, 0.1) is 0 Å². The number of hydrogen-bond donors (Lipinski definition) is 2. The SMILES string of the molecule is CCc1n[nH]c(=S)n1CCNC(=O)c1ccc(C)c(Cl)c1. The molecule has 2 N–H and O–H groups in total. The molecule has 1 heterocycles. The summed E-state index contributed by atoms with van der Waals surface area (Å²) < 4.78 is 2.46. The molecule has 1 aromatic heterocycles. The monoisotopic (exact) mass is 324 g/mol. The number of aryl methyl sites for hydroxylation is 2. The number of aromatic nitrogens is 3. The molecule has 0 spiro atoms. The fraction of sp³-hybridized carbons (Fsp3) is 0.357. The van der Waals surface area contributed by atoms with E-state index in [0.29, 0.717) is 28.4 Å². The Balaban J connectivity index is 1.96. The van der Waals surface area contributed by atoms with Crippen LogP contribution in [0.15, 0.2) is 18.2 Å². The van der Waals surface area contributed by atoms with E-state index in [1.807, 2.05) is 24.5 Å². The van der Waals surface area contributed by atoms with E-state index in [-0.39, 0.29) is 5.91 Å². The highest BCUT2D eigenvalue weighted by molar-refractivity contribution is 7.71. The van der Waals surface area contributed by atoms with Crippen molar-refractivity contribution in [3.63, 3.8) is 0 Å². The molecule has 21 heavy (non-hydrogen) atoms. The van der Waals surface area contributed by atoms with Gasteiger partial charge >= 0.3 is 0 Å². The van der Waals surface area contributed by atoms with Crippen molar-refractivity contribution < 1.29 is 4.79 Å². The van der Waals surface area contributed by atoms with Gasteiger partial charge in [-0.15, -0.1) is 0 Å². The highest BCUT2D eigenvalue weighted by Gasteiger charge is 2.08. The Morgan fingerprint density at radius 3 is 2.95 bits per heavy atom. The van der Waals surface area contributed by atoms with Gasteiger partial charge in [-0.25, -0.2) is 0 Å². The quantitative estimate of drug-likeness (QED) is 0.831. The molecule has 0 bridgehead atoms. The average Bonchev–Trinajstić information content (AvgIpc) is 2.82. The summed E-state index contributed by atoms with van der Waals surface area (Å²) in [5.74, 6) is 0.734. The van der Waals surface area contributed by atoms with Crippen molar-refractivity contribution in [1.82, 2.24) is 20.1 Å². The normalized spacial score (nSPS) is 10.6. The predicted octanol–water partition coefficient (Wildman–Crippen LogP) is 2.89. The summed E-state index contributed by atoms with van der Waals surface area (Å²) in [4.78, 5) is 12.0. The van der Waals surface area contributed by atoms with Crippen LogP contribution >= 0.6 is 23.8 Å². The number of hydrogen-bond acceptors (Lipinski definition) is 3. The van der Waals surface area contributed by atoms with Crippen molar-refractivity contribution in [2.75, 3.05) is 6.54 Å². The highest BCUT2D eigenvalue weighted by Crippen LogP contribution is 2.16. The first kappa shape index (κ1) is 15.7. The van der Waals surface area contributed by atoms with Gasteiger partial charge in [-0.2, -0.15) is 5.10 Å². The third-order valence-electron chi connectivity index (χ3n) is 3.21. The molecule has 0 saturated carbocycles. The first-order valence-electron chi connectivity index (χ1n) is 6.71. The molecular weight excluding hydrogens is 308 g/mol. The van der Waals surface area contributed by atoms with Gasteiger partial charge in [-0.3, -0.25) is 9.89 Å². The average molecular weight is 325 g/mol. The van der Waals surface area contributed by atoms with Gasteiger partial charge in [-0.1, -0.05) is 24.6 Å². The van der Waals surface area contributed by atoms with Crippen LogP contribution in [0.2, 0.25) is 5.02 Å². The van der Waals surface area contributed by atoms with Crippen molar-refractivity contribution in [1.29, 1.82) is 0 Å². The first-order valence-corrected chi connectivity index (χ1v) is 7.50. The smallest absolute Gasteiger partial charge is 0.251 e. The Bertz CT molecular complexity index is 707. The first-order chi connectivity index (χ1) is 10.0. The lowest BCUT2D eigenvalue weighted by Gasteiger charge is -2.08. The molecule has 0 saturated heterocycles. The zero-order valence-electron chi connectivity index (χ0n) is 11.9. The fourth-order valence-corrected chi connectivity index (χ4v) is 2.39. The van der Waals surface area contributed by atoms with Crippen LogP contribution in [0.25, 0.3) is 0 Å². The van der Waals surface area contributed by atoms with Crippen LogP contribution in [-0.2, 0) is 13.0 Å². The number of amides is 1. The van der Waals surface area contributed by atoms with E-state index in [2.05, 4.69) is 15.5 Å². The third kappa shape index (κ3) is 3.71. The van der Waals surface area contributed by atoms with Crippen LogP contribution in [0.5, 0.6) is 0 Å². The van der Waals surface area contributed by atoms with E-state index >= 15 is 0 Å². The van der Waals surface area contributed by atoms with E-state index in [0.717, 1.165) is 17.8 Å². The topological polar surface area (TPSA) is 62.7 Å². The minimum atomic E-state index is -0.148. The summed E-state index contributed by atoms with van der Waals surface area (Å²) in [5.41, 5.74) is 1.50. The summed E-state index contributed by atoms with van der Waals surface area (Å²) in [5, 5.41) is 10.3. The highest BCUT2D eigenvalue weighted by atomic mass is 35.5. The molecule has 0 unspecified atom stereocenters. The molecule has 2 rings (SSSR count). The number of nitrogens with one attached hydrogen (secondary N) is 2. The summed E-state index contributed by atoms with van der Waals surface area (Å²) >= 11 is 11.2. The maximum absolute atomic E-state index is 12.0. The Morgan fingerprint density at radius 1 is 1.52 bits per heavy atom. The molecule has 1 aromatic carbocycles. The van der Waals surface area contributed by atoms with Crippen molar-refractivity contribution in [2.45, 2.75) is 26.8 Å². The standard InChI is InChI=1S/C14H17ClN4OS/c1-3-12-17-18-14(21)19(12)7-6-16-13(20)10-5-4-9(2)11(15)8-10/h4-5,8H,3,6-7H2,1-2H3,(H,16,20)(H,18,21). The van der Waals surface area contributed by atoms with Gasteiger partial charge in [0.2, 0.25) is 0 Å². The number of halogens is 1. The summed E-state index contributed by atoms with van der Waals surface area (Å²) in [6.07, 6.45) is 0.786. The van der Waals surface area contributed by atoms with Crippen LogP contribution in [0.1, 0.15) is 28.7 Å². The van der Waals surface area contributed by atoms with E-state index < -0.39 is 0 Å². The Morgan fingerprint density at radius 2 is 2.29 bits per heavy atom. The number of carbonyl (C=O) groups is 1. The van der Waals surface area contributed by atoms with Crippen molar-refractivity contribution in [2.24, 2.45) is 0 Å². The largest absolute Gasteiger partial charge is 0.350 e. The number of carbonyl (C=O) groups excluding carboxylic acids is 1. The van der Waals surface area contributed by atoms with Crippen LogP contribution in [-0.4, -0.2) is 27.2 Å². The van der Waals surface area contributed by atoms with Crippen LogP contribution in [0, 0.1) is 11.7 Å². The number of H-pyrrole nitrogens is 1. The number of aromatic amines is 1. The lowest BCUT2D eigenvalue weighted by molar-refractivity contribution is 0.0952. The molecule has 1 amide bonds. The van der Waals surface area contributed by atoms with Crippen LogP contribution in [0.4, 0.5) is 0 Å². The molecule has 112 valence electrons. The Hall–Kier alpha value is -1.66. The van der Waals surface area contributed by atoms with E-state index in [9.17, 15) is 4.79 Å². The lowest BCUT2D eigenvalue weighted by atomic mass is 10.1. The third-order valence-corrected chi connectivity index (χ3v) is 3.93. The Labute approximate surface area is 133 Å². The Kier molecular flexibility index (Phi) is 5.14. The van der Waals surface area contributed by atoms with Crippen molar-refractivity contribution in [3.05, 3.63) is 44.9 Å². The van der Waals surface area contributed by atoms with Crippen LogP contribution in [0.3, 0.4) is 0 Å². The zero-order chi connectivity index (χ0) is 15.4. The van der Waals surface area contributed by atoms with Gasteiger partial charge in [0.15, 0.2) is 4.77 Å². The van der Waals surface area contributed by atoms with E-state index in [1.165, 1.54) is 0 Å². The second-order valence-electron chi connectivity index (χ2n) is 4.67. The maximum atomic E-state index is 12.0. The summed E-state index contributed by atoms with van der Waals surface area (Å²) in [6, 6.07) is 5.27. The molecule has 0 aliphatic rings. The number of nitrogens with zero attached hydrogens (tertiary/aromatic N) is 2. The minimum absolute atomic E-state index is 0.148. The molecule has 0 atom stereocenters. The molecule has 0 aliphatic carbocycles. The van der Waals surface area contributed by atoms with Gasteiger partial charge in [-0.05, 0) is 36.8 Å². The van der Waals surface area contributed by atoms with E-state index in [1.54, 1.807) is 12.1 Å². The van der Waals surface area contributed by atoms with Gasteiger partial charge in [0, 0.05) is 30.1 Å². The molecule has 5 nitrogen and oxygen atoms in total. The van der Waals surface area contributed by atoms with Crippen molar-refractivity contribution >= 4 is 29.7 Å². The molecule has 2 aromatic rings.